The highest BCUT2D eigenvalue weighted by Crippen LogP contribution is 2.31. The number of aryl methyl sites for hydroxylation is 1. The van der Waals surface area contributed by atoms with E-state index in [4.69, 9.17) is 4.98 Å². The van der Waals surface area contributed by atoms with Crippen molar-refractivity contribution in [1.82, 2.24) is 4.98 Å². The number of nitrogens with zero attached hydrogens (tertiary/aromatic N) is 1. The van der Waals surface area contributed by atoms with Crippen LogP contribution in [0.25, 0.3) is 26.9 Å². The molecule has 4 aromatic rings. The van der Waals surface area contributed by atoms with Crippen LogP contribution in [0.5, 0.6) is 0 Å². The third kappa shape index (κ3) is 4.38. The number of hydrogen-bond acceptors (Lipinski definition) is 3. The molecule has 0 saturated heterocycles. The maximum absolute atomic E-state index is 12.1. The molecule has 0 bridgehead atoms. The number of carbonyl (C=O) groups excluding carboxylic acids is 1. The molecule has 4 rings (SSSR count). The number of nitrogens with one attached hydrogen (secondary N) is 1. The van der Waals surface area contributed by atoms with Gasteiger partial charge >= 0.3 is 0 Å². The molecule has 0 aliphatic rings. The Hall–Kier alpha value is -2.76. The zero-order valence-corrected chi connectivity index (χ0v) is 17.5. The zero-order valence-electron chi connectivity index (χ0n) is 15.1. The third-order valence-electron chi connectivity index (χ3n) is 4.24. The summed E-state index contributed by atoms with van der Waals surface area (Å²) in [7, 11) is 0. The largest absolute Gasteiger partial charge is 0.323 e. The Morgan fingerprint density at radius 2 is 1.79 bits per heavy atom. The molecule has 0 aliphatic carbocycles. The Kier molecular flexibility index (Phi) is 5.37. The fourth-order valence-electron chi connectivity index (χ4n) is 2.78. The maximum Gasteiger partial charge on any atom is 0.248 e. The standard InChI is InChI=1S/C23H17BrN2OS/c1-15-2-12-20-21(14-15)28-23(26-20)17-6-10-19(11-7-17)25-22(27)13-5-16-3-8-18(24)9-4-16/h2-14H,1H3,(H,25,27)/b13-5+. The zero-order chi connectivity index (χ0) is 19.5. The summed E-state index contributed by atoms with van der Waals surface area (Å²) in [6, 6.07) is 21.8. The summed E-state index contributed by atoms with van der Waals surface area (Å²) in [6.45, 7) is 2.08. The Bertz CT molecular complexity index is 1160. The van der Waals surface area contributed by atoms with Gasteiger partial charge in [-0.25, -0.2) is 4.98 Å². The number of anilines is 1. The number of aromatic nitrogens is 1. The van der Waals surface area contributed by atoms with E-state index < -0.39 is 0 Å². The van der Waals surface area contributed by atoms with Gasteiger partial charge in [-0.1, -0.05) is 34.1 Å². The van der Waals surface area contributed by atoms with Gasteiger partial charge in [0.05, 0.1) is 10.2 Å². The smallest absolute Gasteiger partial charge is 0.248 e. The molecule has 1 N–H and O–H groups in total. The number of benzene rings is 3. The molecule has 0 aliphatic heterocycles. The van der Waals surface area contributed by atoms with Crippen LogP contribution in [0.15, 0.2) is 77.3 Å². The number of halogens is 1. The quantitative estimate of drug-likeness (QED) is 0.353. The molecule has 1 heterocycles. The molecule has 0 radical (unpaired) electrons. The van der Waals surface area contributed by atoms with E-state index in [1.165, 1.54) is 16.3 Å². The van der Waals surface area contributed by atoms with Crippen LogP contribution < -0.4 is 5.32 Å². The van der Waals surface area contributed by atoms with Crippen molar-refractivity contribution in [2.75, 3.05) is 5.32 Å². The molecule has 1 amide bonds. The van der Waals surface area contributed by atoms with Crippen molar-refractivity contribution in [2.24, 2.45) is 0 Å². The molecule has 138 valence electrons. The second-order valence-corrected chi connectivity index (χ2v) is 8.39. The summed E-state index contributed by atoms with van der Waals surface area (Å²) in [5.41, 5.74) is 5.02. The number of fused-ring (bicyclic) bond motifs is 1. The minimum atomic E-state index is -0.161. The summed E-state index contributed by atoms with van der Waals surface area (Å²) in [4.78, 5) is 16.8. The van der Waals surface area contributed by atoms with Gasteiger partial charge in [0.25, 0.3) is 0 Å². The monoisotopic (exact) mass is 448 g/mol. The molecule has 3 nitrogen and oxygen atoms in total. The SMILES string of the molecule is Cc1ccc2nc(-c3ccc(NC(=O)/C=C/c4ccc(Br)cc4)cc3)sc2c1. The van der Waals surface area contributed by atoms with Crippen molar-refractivity contribution in [3.63, 3.8) is 0 Å². The molecule has 0 unspecified atom stereocenters. The lowest BCUT2D eigenvalue weighted by Gasteiger charge is -2.03. The molecular weight excluding hydrogens is 432 g/mol. The van der Waals surface area contributed by atoms with Gasteiger partial charge in [-0.05, 0) is 72.7 Å². The summed E-state index contributed by atoms with van der Waals surface area (Å²) in [5, 5.41) is 3.86. The first-order valence-electron chi connectivity index (χ1n) is 8.79. The molecule has 5 heteroatoms. The van der Waals surface area contributed by atoms with Crippen molar-refractivity contribution in [3.8, 4) is 10.6 Å². The molecule has 3 aromatic carbocycles. The van der Waals surface area contributed by atoms with E-state index in [1.54, 1.807) is 17.4 Å². The van der Waals surface area contributed by atoms with E-state index in [9.17, 15) is 4.79 Å². The van der Waals surface area contributed by atoms with Crippen LogP contribution in [0.1, 0.15) is 11.1 Å². The van der Waals surface area contributed by atoms with Crippen LogP contribution in [-0.4, -0.2) is 10.9 Å². The maximum atomic E-state index is 12.1. The number of thiazole rings is 1. The average Bonchev–Trinajstić information content (AvgIpc) is 3.11. The van der Waals surface area contributed by atoms with Gasteiger partial charge in [-0.2, -0.15) is 0 Å². The second-order valence-electron chi connectivity index (χ2n) is 6.44. The van der Waals surface area contributed by atoms with Gasteiger partial charge < -0.3 is 5.32 Å². The predicted molar refractivity (Wildman–Crippen MR) is 122 cm³/mol. The van der Waals surface area contributed by atoms with Gasteiger partial charge in [0.2, 0.25) is 5.91 Å². The second kappa shape index (κ2) is 8.09. The van der Waals surface area contributed by atoms with E-state index in [1.807, 2.05) is 48.5 Å². The van der Waals surface area contributed by atoms with Crippen LogP contribution in [0.3, 0.4) is 0 Å². The summed E-state index contributed by atoms with van der Waals surface area (Å²) in [6.07, 6.45) is 3.33. The Morgan fingerprint density at radius 3 is 2.54 bits per heavy atom. The first-order valence-corrected chi connectivity index (χ1v) is 10.4. The lowest BCUT2D eigenvalue weighted by molar-refractivity contribution is -0.111. The lowest BCUT2D eigenvalue weighted by Crippen LogP contribution is -2.07. The minimum Gasteiger partial charge on any atom is -0.323 e. The van der Waals surface area contributed by atoms with Crippen LogP contribution in [0.2, 0.25) is 0 Å². The fraction of sp³-hybridized carbons (Fsp3) is 0.0435. The molecule has 0 saturated carbocycles. The fourth-order valence-corrected chi connectivity index (χ4v) is 4.11. The van der Waals surface area contributed by atoms with Crippen molar-refractivity contribution in [3.05, 3.63) is 88.4 Å². The Balaban J connectivity index is 1.45. The number of amides is 1. The predicted octanol–water partition coefficient (Wildman–Crippen LogP) is 6.69. The summed E-state index contributed by atoms with van der Waals surface area (Å²) >= 11 is 5.08. The number of carbonyl (C=O) groups is 1. The van der Waals surface area contributed by atoms with Gasteiger partial charge in [-0.15, -0.1) is 11.3 Å². The normalized spacial score (nSPS) is 11.2. The minimum absolute atomic E-state index is 0.161. The molecule has 1 aromatic heterocycles. The number of hydrogen-bond donors (Lipinski definition) is 1. The summed E-state index contributed by atoms with van der Waals surface area (Å²) in [5.74, 6) is -0.161. The lowest BCUT2D eigenvalue weighted by atomic mass is 10.2. The van der Waals surface area contributed by atoms with E-state index >= 15 is 0 Å². The van der Waals surface area contributed by atoms with Gasteiger partial charge in [-0.3, -0.25) is 4.79 Å². The Labute approximate surface area is 175 Å². The van der Waals surface area contributed by atoms with Crippen LogP contribution in [-0.2, 0) is 4.79 Å². The first-order chi connectivity index (χ1) is 13.6. The molecule has 28 heavy (non-hydrogen) atoms. The summed E-state index contributed by atoms with van der Waals surface area (Å²) < 4.78 is 2.20. The number of rotatable bonds is 4. The topological polar surface area (TPSA) is 42.0 Å². The van der Waals surface area contributed by atoms with Gasteiger partial charge in [0.15, 0.2) is 0 Å². The molecule has 0 spiro atoms. The van der Waals surface area contributed by atoms with E-state index in [0.29, 0.717) is 0 Å². The molecular formula is C23H17BrN2OS. The molecule has 0 atom stereocenters. The Morgan fingerprint density at radius 1 is 1.04 bits per heavy atom. The molecule has 0 fully saturated rings. The van der Waals surface area contributed by atoms with E-state index in [0.717, 1.165) is 31.8 Å². The van der Waals surface area contributed by atoms with Crippen LogP contribution >= 0.6 is 27.3 Å². The van der Waals surface area contributed by atoms with Gasteiger partial charge in [0.1, 0.15) is 5.01 Å². The van der Waals surface area contributed by atoms with Crippen molar-refractivity contribution in [1.29, 1.82) is 0 Å². The van der Waals surface area contributed by atoms with Crippen molar-refractivity contribution >= 4 is 55.2 Å². The highest BCUT2D eigenvalue weighted by atomic mass is 79.9. The van der Waals surface area contributed by atoms with E-state index in [2.05, 4.69) is 46.4 Å². The van der Waals surface area contributed by atoms with Crippen molar-refractivity contribution in [2.45, 2.75) is 6.92 Å². The van der Waals surface area contributed by atoms with Crippen LogP contribution in [0, 0.1) is 6.92 Å². The van der Waals surface area contributed by atoms with E-state index in [-0.39, 0.29) is 5.91 Å². The third-order valence-corrected chi connectivity index (χ3v) is 5.84. The highest BCUT2D eigenvalue weighted by Gasteiger charge is 2.07. The first kappa shape index (κ1) is 18.6. The van der Waals surface area contributed by atoms with Crippen LogP contribution in [0.4, 0.5) is 5.69 Å². The van der Waals surface area contributed by atoms with Crippen molar-refractivity contribution < 1.29 is 4.79 Å². The van der Waals surface area contributed by atoms with Gasteiger partial charge in [0, 0.05) is 21.8 Å². The average molecular weight is 449 g/mol. The highest BCUT2D eigenvalue weighted by molar-refractivity contribution is 9.10.